The van der Waals surface area contributed by atoms with Crippen LogP contribution in [0.5, 0.6) is 23.0 Å². The molecule has 0 aliphatic rings. The number of carbonyl (C=O) groups is 2. The minimum Gasteiger partial charge on any atom is -0.871 e. The number of phenolic OH excluding ortho intramolecular Hbond substituents is 2. The number of hydrogen-bond donors (Lipinski definition) is 4. The molecule has 0 fully saturated rings. The van der Waals surface area contributed by atoms with Gasteiger partial charge in [0, 0.05) is 17.9 Å². The first-order valence-electron chi connectivity index (χ1n) is 11.5. The van der Waals surface area contributed by atoms with Gasteiger partial charge in [0.05, 0.1) is 23.6 Å². The molecule has 0 aromatic heterocycles. The molecule has 4 N–H and O–H groups in total. The molecule has 0 saturated carbocycles. The first-order chi connectivity index (χ1) is 20.0. The van der Waals surface area contributed by atoms with Crippen LogP contribution in [0, 0.1) is 0 Å². The summed E-state index contributed by atoms with van der Waals surface area (Å²) >= 11 is 12.8. The standard InChI is InChI=1S/2C14H10Br2N2O3.Fe/c2*15-9-5-8(13(20)11(16)6-9)7-17-18-14(21)10-3-1-2-4-12(10)19;/h2*1-7,19-20H,(H,18,21);/q;;+3/p-2. The van der Waals surface area contributed by atoms with E-state index in [0.717, 1.165) is 0 Å². The second-order valence-corrected chi connectivity index (χ2v) is 11.6. The van der Waals surface area contributed by atoms with E-state index < -0.39 is 11.8 Å². The number of hydrogen-bond acceptors (Lipinski definition) is 8. The largest absolute Gasteiger partial charge is 3.00 e. The third-order valence-electron chi connectivity index (χ3n) is 5.11. The Morgan fingerprint density at radius 3 is 1.35 bits per heavy atom. The van der Waals surface area contributed by atoms with Gasteiger partial charge in [-0.25, -0.2) is 10.9 Å². The van der Waals surface area contributed by atoms with E-state index in [1.165, 1.54) is 36.7 Å². The molecule has 0 spiro atoms. The van der Waals surface area contributed by atoms with Gasteiger partial charge in [-0.15, -0.1) is 0 Å². The Labute approximate surface area is 289 Å². The van der Waals surface area contributed by atoms with Gasteiger partial charge in [-0.1, -0.05) is 99.5 Å². The number of amides is 2. The van der Waals surface area contributed by atoms with E-state index in [-0.39, 0.29) is 51.2 Å². The van der Waals surface area contributed by atoms with E-state index in [0.29, 0.717) is 29.0 Å². The maximum absolute atomic E-state index is 11.8. The van der Waals surface area contributed by atoms with Crippen molar-refractivity contribution in [3.8, 4) is 23.0 Å². The molecule has 0 aliphatic heterocycles. The minimum absolute atomic E-state index is 0. The Bertz CT molecular complexity index is 1560. The summed E-state index contributed by atoms with van der Waals surface area (Å²) in [6.45, 7) is 0. The predicted molar refractivity (Wildman–Crippen MR) is 169 cm³/mol. The van der Waals surface area contributed by atoms with Crippen molar-refractivity contribution in [1.29, 1.82) is 0 Å². The molecule has 2 amide bonds. The Morgan fingerprint density at radius 1 is 0.651 bits per heavy atom. The van der Waals surface area contributed by atoms with Crippen LogP contribution in [-0.2, 0) is 17.1 Å². The number of nitrogens with one attached hydrogen (secondary N) is 2. The maximum Gasteiger partial charge on any atom is 3.00 e. The van der Waals surface area contributed by atoms with Crippen molar-refractivity contribution in [2.75, 3.05) is 0 Å². The smallest absolute Gasteiger partial charge is 0.871 e. The van der Waals surface area contributed by atoms with Crippen LogP contribution in [0.15, 0.2) is 101 Å². The Hall–Kier alpha value is -3.20. The zero-order valence-corrected chi connectivity index (χ0v) is 28.8. The van der Waals surface area contributed by atoms with Gasteiger partial charge in [0.25, 0.3) is 11.8 Å². The Balaban J connectivity index is 0.000000293. The van der Waals surface area contributed by atoms with Gasteiger partial charge in [0.2, 0.25) is 0 Å². The molecule has 0 unspecified atom stereocenters. The van der Waals surface area contributed by atoms with Crippen molar-refractivity contribution < 1.29 is 47.1 Å². The van der Waals surface area contributed by atoms with Crippen LogP contribution in [-0.4, -0.2) is 34.5 Å². The molecule has 0 atom stereocenters. The molecule has 43 heavy (non-hydrogen) atoms. The van der Waals surface area contributed by atoms with Crippen LogP contribution in [0.4, 0.5) is 0 Å². The number of aromatic hydroxyl groups is 2. The summed E-state index contributed by atoms with van der Waals surface area (Å²) in [5, 5.41) is 50.1. The number of phenols is 2. The fourth-order valence-corrected chi connectivity index (χ4v) is 5.64. The van der Waals surface area contributed by atoms with Crippen LogP contribution < -0.4 is 21.1 Å². The SMILES string of the molecule is O=C(NN=Cc1cc(Br)cc(Br)c1[O-])c1ccccc1O.O=C(NN=Cc1cc(Br)cc(Br)c1[O-])c1ccccc1O.[Fe+3]. The average molecular weight is 882 g/mol. The summed E-state index contributed by atoms with van der Waals surface area (Å²) in [4.78, 5) is 23.6. The van der Waals surface area contributed by atoms with Crippen molar-refractivity contribution in [2.24, 2.45) is 10.2 Å². The van der Waals surface area contributed by atoms with Gasteiger partial charge in [-0.2, -0.15) is 10.2 Å². The van der Waals surface area contributed by atoms with Gasteiger partial charge in [-0.05, 0) is 59.7 Å². The fraction of sp³-hybridized carbons (Fsp3) is 0. The fourth-order valence-electron chi connectivity index (χ4n) is 3.12. The summed E-state index contributed by atoms with van der Waals surface area (Å²) < 4.78 is 2.21. The second-order valence-electron chi connectivity index (χ2n) is 8.04. The summed E-state index contributed by atoms with van der Waals surface area (Å²) in [5.74, 6) is -1.88. The molecular formula is C28H18Br4FeN4O6+. The van der Waals surface area contributed by atoms with Gasteiger partial charge >= 0.3 is 17.1 Å². The second kappa shape index (κ2) is 17.2. The van der Waals surface area contributed by atoms with Crippen LogP contribution in [0.2, 0.25) is 0 Å². The molecule has 1 radical (unpaired) electrons. The van der Waals surface area contributed by atoms with E-state index in [2.05, 4.69) is 84.8 Å². The molecule has 221 valence electrons. The van der Waals surface area contributed by atoms with Crippen LogP contribution in [0.1, 0.15) is 31.8 Å². The van der Waals surface area contributed by atoms with E-state index in [4.69, 9.17) is 0 Å². The maximum atomic E-state index is 11.8. The van der Waals surface area contributed by atoms with Crippen molar-refractivity contribution in [2.45, 2.75) is 0 Å². The van der Waals surface area contributed by atoms with Crippen LogP contribution >= 0.6 is 63.7 Å². The van der Waals surface area contributed by atoms with E-state index in [1.54, 1.807) is 48.5 Å². The predicted octanol–water partition coefficient (Wildman–Crippen LogP) is 5.51. The van der Waals surface area contributed by atoms with Gasteiger partial charge in [0.15, 0.2) is 0 Å². The van der Waals surface area contributed by atoms with Gasteiger partial charge in [0.1, 0.15) is 11.5 Å². The topological polar surface area (TPSA) is 169 Å². The molecule has 0 saturated heterocycles. The van der Waals surface area contributed by atoms with Crippen molar-refractivity contribution in [1.82, 2.24) is 10.9 Å². The number of hydrazone groups is 2. The first kappa shape index (κ1) is 36.0. The Kier molecular flexibility index (Phi) is 14.4. The summed E-state index contributed by atoms with van der Waals surface area (Å²) in [5.41, 5.74) is 5.35. The molecule has 0 bridgehead atoms. The summed E-state index contributed by atoms with van der Waals surface area (Å²) in [6, 6.07) is 18.6. The first-order valence-corrected chi connectivity index (χ1v) is 14.7. The molecule has 4 rings (SSSR count). The summed E-state index contributed by atoms with van der Waals surface area (Å²) in [6.07, 6.45) is 2.49. The number of para-hydroxylation sites is 2. The zero-order valence-electron chi connectivity index (χ0n) is 21.4. The molecule has 10 nitrogen and oxygen atoms in total. The molecule has 4 aromatic carbocycles. The van der Waals surface area contributed by atoms with E-state index in [1.807, 2.05) is 0 Å². The van der Waals surface area contributed by atoms with Crippen LogP contribution in [0.3, 0.4) is 0 Å². The van der Waals surface area contributed by atoms with Crippen molar-refractivity contribution >= 4 is 88.0 Å². The number of rotatable bonds is 6. The molecule has 0 aliphatic carbocycles. The third-order valence-corrected chi connectivity index (χ3v) is 7.20. The molecule has 15 heteroatoms. The molecule has 0 heterocycles. The number of benzene rings is 4. The average Bonchev–Trinajstić information content (AvgIpc) is 2.94. The van der Waals surface area contributed by atoms with E-state index >= 15 is 0 Å². The number of nitrogens with zero attached hydrogens (tertiary/aromatic N) is 2. The van der Waals surface area contributed by atoms with Crippen molar-refractivity contribution in [3.63, 3.8) is 0 Å². The Morgan fingerprint density at radius 2 is 1.00 bits per heavy atom. The quantitative estimate of drug-likeness (QED) is 0.113. The summed E-state index contributed by atoms with van der Waals surface area (Å²) in [7, 11) is 0. The van der Waals surface area contributed by atoms with Gasteiger partial charge in [-0.3, -0.25) is 9.59 Å². The van der Waals surface area contributed by atoms with Gasteiger partial charge < -0.3 is 20.4 Å². The van der Waals surface area contributed by atoms with E-state index in [9.17, 15) is 30.0 Å². The van der Waals surface area contributed by atoms with Crippen molar-refractivity contribution in [3.05, 3.63) is 113 Å². The minimum atomic E-state index is -0.564. The van der Waals surface area contributed by atoms with Crippen LogP contribution in [0.25, 0.3) is 0 Å². The molecular weight excluding hydrogens is 864 g/mol. The third kappa shape index (κ3) is 10.5. The zero-order chi connectivity index (χ0) is 30.8. The number of halogens is 4. The normalized spacial score (nSPS) is 10.5. The monoisotopic (exact) mass is 878 g/mol. The number of carbonyl (C=O) groups excluding carboxylic acids is 2. The molecule has 4 aromatic rings.